The van der Waals surface area contributed by atoms with E-state index in [1.807, 2.05) is 6.07 Å². The molecule has 2 N–H and O–H groups in total. The summed E-state index contributed by atoms with van der Waals surface area (Å²) >= 11 is 0. The van der Waals surface area contributed by atoms with Gasteiger partial charge in [0.25, 0.3) is 0 Å². The number of aryl methyl sites for hydroxylation is 1. The molecule has 1 aliphatic heterocycles. The number of rotatable bonds is 2. The molecule has 110 valence electrons. The van der Waals surface area contributed by atoms with Gasteiger partial charge < -0.3 is 10.6 Å². The van der Waals surface area contributed by atoms with E-state index in [1.165, 1.54) is 11.1 Å². The maximum absolute atomic E-state index is 12.5. The van der Waals surface area contributed by atoms with E-state index in [1.54, 1.807) is 0 Å². The Bertz CT molecular complexity index is 458. The minimum absolute atomic E-state index is 0. The molecular formula is C16H23ClN2O. The number of benzene rings is 1. The third kappa shape index (κ3) is 3.33. The lowest BCUT2D eigenvalue weighted by atomic mass is 9.82. The number of halogens is 1. The van der Waals surface area contributed by atoms with Crippen LogP contribution in [-0.4, -0.2) is 25.0 Å². The summed E-state index contributed by atoms with van der Waals surface area (Å²) in [5, 5.41) is 6.58. The zero-order valence-electron chi connectivity index (χ0n) is 11.7. The molecule has 2 atom stereocenters. The molecule has 1 aliphatic carbocycles. The zero-order valence-corrected chi connectivity index (χ0v) is 12.5. The fraction of sp³-hybridized carbons (Fsp3) is 0.562. The van der Waals surface area contributed by atoms with Crippen LogP contribution in [0.15, 0.2) is 24.3 Å². The van der Waals surface area contributed by atoms with Crippen LogP contribution in [0.1, 0.15) is 42.7 Å². The molecule has 1 amide bonds. The summed E-state index contributed by atoms with van der Waals surface area (Å²) in [6.45, 7) is 2.00. The van der Waals surface area contributed by atoms with Crippen LogP contribution in [-0.2, 0) is 11.2 Å². The Hall–Kier alpha value is -1.06. The van der Waals surface area contributed by atoms with Gasteiger partial charge in [-0.15, -0.1) is 12.4 Å². The van der Waals surface area contributed by atoms with Crippen LogP contribution in [0.25, 0.3) is 0 Å². The Morgan fingerprint density at radius 2 is 2.05 bits per heavy atom. The van der Waals surface area contributed by atoms with E-state index in [2.05, 4.69) is 28.8 Å². The largest absolute Gasteiger partial charge is 0.352 e. The molecule has 4 heteroatoms. The minimum Gasteiger partial charge on any atom is -0.352 e. The van der Waals surface area contributed by atoms with Crippen molar-refractivity contribution in [2.45, 2.75) is 44.1 Å². The molecule has 0 bridgehead atoms. The minimum atomic E-state index is 0. The molecule has 3 rings (SSSR count). The van der Waals surface area contributed by atoms with Gasteiger partial charge in [-0.3, -0.25) is 4.79 Å². The highest BCUT2D eigenvalue weighted by Gasteiger charge is 2.27. The van der Waals surface area contributed by atoms with Crippen LogP contribution >= 0.6 is 12.4 Å². The van der Waals surface area contributed by atoms with Gasteiger partial charge in [-0.1, -0.05) is 24.3 Å². The predicted octanol–water partition coefficient (Wildman–Crippen LogP) is 2.40. The number of nitrogens with one attached hydrogen (secondary N) is 2. The van der Waals surface area contributed by atoms with E-state index >= 15 is 0 Å². The second-order valence-corrected chi connectivity index (χ2v) is 5.70. The quantitative estimate of drug-likeness (QED) is 0.879. The molecule has 0 spiro atoms. The molecule has 3 nitrogen and oxygen atoms in total. The molecule has 1 saturated heterocycles. The smallest absolute Gasteiger partial charge is 0.227 e. The number of hydrogen-bond donors (Lipinski definition) is 2. The van der Waals surface area contributed by atoms with Gasteiger partial charge in [0.1, 0.15) is 0 Å². The lowest BCUT2D eigenvalue weighted by molar-refractivity contribution is -0.123. The van der Waals surface area contributed by atoms with Crippen LogP contribution in [0.4, 0.5) is 0 Å². The number of fused-ring (bicyclic) bond motifs is 1. The van der Waals surface area contributed by atoms with Crippen molar-refractivity contribution in [1.82, 2.24) is 10.6 Å². The van der Waals surface area contributed by atoms with E-state index in [9.17, 15) is 4.79 Å². The summed E-state index contributed by atoms with van der Waals surface area (Å²) in [6, 6.07) is 8.72. The summed E-state index contributed by atoms with van der Waals surface area (Å²) in [5.74, 6) is 0.285. The number of carbonyl (C=O) groups excluding carboxylic acids is 1. The number of amides is 1. The van der Waals surface area contributed by atoms with Crippen molar-refractivity contribution in [3.05, 3.63) is 35.4 Å². The first-order valence-corrected chi connectivity index (χ1v) is 7.43. The second kappa shape index (κ2) is 7.09. The van der Waals surface area contributed by atoms with Crippen molar-refractivity contribution >= 4 is 18.3 Å². The standard InChI is InChI=1S/C16H22N2O.ClH/c19-16(18-13-7-4-10-17-11-13)15-9-3-6-12-5-1-2-8-14(12)15;/h1-2,5,8,13,15,17H,3-4,6-7,9-11H2,(H,18,19);1H/t13-,15?;/m0./s1. The topological polar surface area (TPSA) is 41.1 Å². The first kappa shape index (κ1) is 15.3. The normalized spacial score (nSPS) is 25.2. The Balaban J connectivity index is 0.00000147. The highest BCUT2D eigenvalue weighted by atomic mass is 35.5. The number of piperidine rings is 1. The first-order chi connectivity index (χ1) is 9.34. The lowest BCUT2D eigenvalue weighted by Gasteiger charge is -2.29. The molecule has 1 aromatic carbocycles. The fourth-order valence-corrected chi connectivity index (χ4v) is 3.30. The second-order valence-electron chi connectivity index (χ2n) is 5.70. The summed E-state index contributed by atoms with van der Waals surface area (Å²) < 4.78 is 0. The Morgan fingerprint density at radius 3 is 2.85 bits per heavy atom. The van der Waals surface area contributed by atoms with Crippen LogP contribution in [0.5, 0.6) is 0 Å². The molecule has 2 aliphatic rings. The molecule has 1 unspecified atom stereocenters. The van der Waals surface area contributed by atoms with Crippen molar-refractivity contribution in [1.29, 1.82) is 0 Å². The molecule has 1 heterocycles. The van der Waals surface area contributed by atoms with Crippen LogP contribution < -0.4 is 10.6 Å². The third-order valence-electron chi connectivity index (χ3n) is 4.33. The van der Waals surface area contributed by atoms with E-state index in [4.69, 9.17) is 0 Å². The highest BCUT2D eigenvalue weighted by Crippen LogP contribution is 2.31. The molecule has 0 saturated carbocycles. The fourth-order valence-electron chi connectivity index (χ4n) is 3.30. The van der Waals surface area contributed by atoms with Gasteiger partial charge >= 0.3 is 0 Å². The van der Waals surface area contributed by atoms with Gasteiger partial charge in [0.2, 0.25) is 5.91 Å². The first-order valence-electron chi connectivity index (χ1n) is 7.43. The predicted molar refractivity (Wildman–Crippen MR) is 83.4 cm³/mol. The molecule has 1 aromatic rings. The van der Waals surface area contributed by atoms with E-state index in [0.29, 0.717) is 6.04 Å². The average Bonchev–Trinajstić information content (AvgIpc) is 2.47. The maximum atomic E-state index is 12.5. The molecule has 0 radical (unpaired) electrons. The summed E-state index contributed by atoms with van der Waals surface area (Å²) in [4.78, 5) is 12.5. The summed E-state index contributed by atoms with van der Waals surface area (Å²) in [6.07, 6.45) is 5.49. The Kier molecular flexibility index (Phi) is 5.44. The third-order valence-corrected chi connectivity index (χ3v) is 4.33. The van der Waals surface area contributed by atoms with Crippen molar-refractivity contribution in [2.24, 2.45) is 0 Å². The average molecular weight is 295 g/mol. The van der Waals surface area contributed by atoms with Gasteiger partial charge in [-0.25, -0.2) is 0 Å². The van der Waals surface area contributed by atoms with Crippen molar-refractivity contribution in [2.75, 3.05) is 13.1 Å². The Labute approximate surface area is 126 Å². The molecule has 0 aromatic heterocycles. The highest BCUT2D eigenvalue weighted by molar-refractivity contribution is 5.85. The summed E-state index contributed by atoms with van der Waals surface area (Å²) in [5.41, 5.74) is 2.60. The number of hydrogen-bond acceptors (Lipinski definition) is 2. The molecule has 20 heavy (non-hydrogen) atoms. The molecular weight excluding hydrogens is 272 g/mol. The van der Waals surface area contributed by atoms with E-state index < -0.39 is 0 Å². The number of carbonyl (C=O) groups is 1. The van der Waals surface area contributed by atoms with Gasteiger partial charge in [0.15, 0.2) is 0 Å². The zero-order chi connectivity index (χ0) is 13.1. The maximum Gasteiger partial charge on any atom is 0.227 e. The van der Waals surface area contributed by atoms with Gasteiger partial charge in [-0.2, -0.15) is 0 Å². The van der Waals surface area contributed by atoms with Crippen LogP contribution in [0.3, 0.4) is 0 Å². The summed E-state index contributed by atoms with van der Waals surface area (Å²) in [7, 11) is 0. The van der Waals surface area contributed by atoms with E-state index in [-0.39, 0.29) is 24.2 Å². The van der Waals surface area contributed by atoms with Crippen LogP contribution in [0, 0.1) is 0 Å². The van der Waals surface area contributed by atoms with E-state index in [0.717, 1.165) is 45.2 Å². The van der Waals surface area contributed by atoms with Crippen molar-refractivity contribution in [3.63, 3.8) is 0 Å². The monoisotopic (exact) mass is 294 g/mol. The lowest BCUT2D eigenvalue weighted by Crippen LogP contribution is -2.47. The van der Waals surface area contributed by atoms with Gasteiger partial charge in [0, 0.05) is 12.6 Å². The van der Waals surface area contributed by atoms with Gasteiger partial charge in [-0.05, 0) is 49.8 Å². The molecule has 1 fully saturated rings. The van der Waals surface area contributed by atoms with Crippen molar-refractivity contribution < 1.29 is 4.79 Å². The Morgan fingerprint density at radius 1 is 1.20 bits per heavy atom. The SMILES string of the molecule is Cl.O=C(N[C@H]1CCCNC1)C1CCCc2ccccc21. The van der Waals surface area contributed by atoms with Gasteiger partial charge in [0.05, 0.1) is 5.92 Å². The van der Waals surface area contributed by atoms with Crippen molar-refractivity contribution in [3.8, 4) is 0 Å². The van der Waals surface area contributed by atoms with Crippen LogP contribution in [0.2, 0.25) is 0 Å².